The van der Waals surface area contributed by atoms with Crippen LogP contribution >= 0.6 is 23.2 Å². The Balaban J connectivity index is 4.60. The molecule has 2 N–H and O–H groups in total. The molecule has 0 atom stereocenters. The van der Waals surface area contributed by atoms with Gasteiger partial charge in [-0.05, 0) is 6.08 Å². The number of ketones is 1. The summed E-state index contributed by atoms with van der Waals surface area (Å²) in [6.45, 7) is 0. The molecule has 0 aliphatic heterocycles. The van der Waals surface area contributed by atoms with Crippen LogP contribution in [0.15, 0.2) is 22.4 Å². The lowest BCUT2D eigenvalue weighted by molar-refractivity contribution is -0.146. The summed E-state index contributed by atoms with van der Waals surface area (Å²) in [6, 6.07) is 0. The van der Waals surface area contributed by atoms with Crippen LogP contribution in [0.3, 0.4) is 0 Å². The standard InChI is InChI=1S/C6H4Cl2O4/c7-3(2-9)1-4(8)5(10)6(11)12/h1-2,9H,(H,11,12)/b3-2-,4-1-. The first-order chi connectivity index (χ1) is 5.49. The molecular formula is C6H4Cl2O4. The summed E-state index contributed by atoms with van der Waals surface area (Å²) in [5.74, 6) is -2.96. The first kappa shape index (κ1) is 11.0. The quantitative estimate of drug-likeness (QED) is 0.320. The van der Waals surface area contributed by atoms with Crippen LogP contribution in [0.2, 0.25) is 0 Å². The number of allylic oxidation sites excluding steroid dienone is 2. The number of carbonyl (C=O) groups excluding carboxylic acids is 1. The van der Waals surface area contributed by atoms with Crippen molar-refractivity contribution in [2.24, 2.45) is 0 Å². The molecule has 0 aliphatic rings. The first-order valence-corrected chi connectivity index (χ1v) is 3.39. The number of rotatable bonds is 3. The second-order valence-corrected chi connectivity index (χ2v) is 2.48. The Morgan fingerprint density at radius 1 is 1.25 bits per heavy atom. The molecule has 6 heteroatoms. The lowest BCUT2D eigenvalue weighted by Gasteiger charge is -1.90. The van der Waals surface area contributed by atoms with E-state index in [9.17, 15) is 9.59 Å². The maximum Gasteiger partial charge on any atom is 0.378 e. The van der Waals surface area contributed by atoms with Crippen LogP contribution in [0, 0.1) is 0 Å². The van der Waals surface area contributed by atoms with Gasteiger partial charge in [-0.25, -0.2) is 4.79 Å². The Morgan fingerprint density at radius 3 is 2.08 bits per heavy atom. The van der Waals surface area contributed by atoms with E-state index in [-0.39, 0.29) is 5.03 Å². The zero-order valence-corrected chi connectivity index (χ0v) is 7.13. The number of Topliss-reactive ketones (excluding diaryl/α,β-unsaturated/α-hetero) is 1. The molecule has 0 fully saturated rings. The van der Waals surface area contributed by atoms with E-state index in [4.69, 9.17) is 33.4 Å². The minimum atomic E-state index is -1.68. The van der Waals surface area contributed by atoms with E-state index in [0.29, 0.717) is 6.26 Å². The third-order valence-electron chi connectivity index (χ3n) is 0.799. The Morgan fingerprint density at radius 2 is 1.75 bits per heavy atom. The maximum absolute atomic E-state index is 10.5. The summed E-state index contributed by atoms with van der Waals surface area (Å²) >= 11 is 10.4. The zero-order valence-electron chi connectivity index (χ0n) is 5.62. The number of carboxylic acid groups (broad SMARTS) is 1. The van der Waals surface area contributed by atoms with Gasteiger partial charge in [0.15, 0.2) is 0 Å². The highest BCUT2D eigenvalue weighted by Gasteiger charge is 2.15. The number of aliphatic carboxylic acids is 1. The molecular weight excluding hydrogens is 207 g/mol. The van der Waals surface area contributed by atoms with Gasteiger partial charge in [0.2, 0.25) is 0 Å². The number of halogens is 2. The summed E-state index contributed by atoms with van der Waals surface area (Å²) < 4.78 is 0. The van der Waals surface area contributed by atoms with Crippen LogP contribution in [0.25, 0.3) is 0 Å². The Bertz CT molecular complexity index is 267. The van der Waals surface area contributed by atoms with Gasteiger partial charge in [0.05, 0.1) is 16.3 Å². The fraction of sp³-hybridized carbons (Fsp3) is 0. The monoisotopic (exact) mass is 210 g/mol. The van der Waals surface area contributed by atoms with Gasteiger partial charge in [0, 0.05) is 0 Å². The van der Waals surface area contributed by atoms with Crippen LogP contribution in [-0.4, -0.2) is 22.0 Å². The molecule has 0 bridgehead atoms. The summed E-state index contributed by atoms with van der Waals surface area (Å²) in [4.78, 5) is 20.5. The lowest BCUT2D eigenvalue weighted by atomic mass is 10.3. The van der Waals surface area contributed by atoms with E-state index in [1.54, 1.807) is 0 Å². The van der Waals surface area contributed by atoms with Gasteiger partial charge in [0.25, 0.3) is 5.78 Å². The fourth-order valence-corrected chi connectivity index (χ4v) is 0.689. The van der Waals surface area contributed by atoms with Gasteiger partial charge in [0.1, 0.15) is 0 Å². The second kappa shape index (κ2) is 4.79. The van der Waals surface area contributed by atoms with Crippen LogP contribution in [0.5, 0.6) is 0 Å². The topological polar surface area (TPSA) is 74.6 Å². The SMILES string of the molecule is O=C(O)C(=O)/C(Cl)=C/C(Cl)=C/O. The van der Waals surface area contributed by atoms with Crippen molar-refractivity contribution in [3.05, 3.63) is 22.4 Å². The van der Waals surface area contributed by atoms with Crippen molar-refractivity contribution < 1.29 is 19.8 Å². The number of hydrogen-bond acceptors (Lipinski definition) is 3. The number of carbonyl (C=O) groups is 2. The highest BCUT2D eigenvalue weighted by atomic mass is 35.5. The summed E-state index contributed by atoms with van der Waals surface area (Å²) in [7, 11) is 0. The minimum Gasteiger partial charge on any atom is -0.514 e. The van der Waals surface area contributed by atoms with Crippen molar-refractivity contribution in [2.75, 3.05) is 0 Å². The lowest BCUT2D eigenvalue weighted by Crippen LogP contribution is -2.12. The third-order valence-corrected chi connectivity index (χ3v) is 1.29. The molecule has 4 nitrogen and oxygen atoms in total. The van der Waals surface area contributed by atoms with Gasteiger partial charge < -0.3 is 10.2 Å². The number of aliphatic hydroxyl groups is 1. The predicted octanol–water partition coefficient (Wildman–Crippen LogP) is 1.40. The van der Waals surface area contributed by atoms with Crippen LogP contribution in [-0.2, 0) is 9.59 Å². The molecule has 12 heavy (non-hydrogen) atoms. The van der Waals surface area contributed by atoms with Crippen molar-refractivity contribution in [1.82, 2.24) is 0 Å². The largest absolute Gasteiger partial charge is 0.514 e. The molecule has 0 radical (unpaired) electrons. The third kappa shape index (κ3) is 3.41. The molecule has 0 saturated heterocycles. The first-order valence-electron chi connectivity index (χ1n) is 2.63. The molecule has 0 saturated carbocycles. The van der Waals surface area contributed by atoms with Crippen molar-refractivity contribution in [3.63, 3.8) is 0 Å². The van der Waals surface area contributed by atoms with Crippen LogP contribution in [0.4, 0.5) is 0 Å². The van der Waals surface area contributed by atoms with E-state index < -0.39 is 16.8 Å². The van der Waals surface area contributed by atoms with Crippen molar-refractivity contribution in [2.45, 2.75) is 0 Å². The molecule has 0 aromatic heterocycles. The molecule has 0 aromatic carbocycles. The minimum absolute atomic E-state index is 0.227. The highest BCUT2D eigenvalue weighted by molar-refractivity contribution is 6.56. The average molecular weight is 211 g/mol. The molecule has 0 heterocycles. The van der Waals surface area contributed by atoms with Crippen molar-refractivity contribution >= 4 is 35.0 Å². The fourth-order valence-electron chi connectivity index (χ4n) is 0.326. The smallest absolute Gasteiger partial charge is 0.378 e. The van der Waals surface area contributed by atoms with Gasteiger partial charge in [-0.1, -0.05) is 23.2 Å². The van der Waals surface area contributed by atoms with Crippen LogP contribution < -0.4 is 0 Å². The zero-order chi connectivity index (χ0) is 9.72. The molecule has 0 amide bonds. The predicted molar refractivity (Wildman–Crippen MR) is 43.1 cm³/mol. The van der Waals surface area contributed by atoms with E-state index in [1.165, 1.54) is 0 Å². The molecule has 0 aliphatic carbocycles. The average Bonchev–Trinajstić information content (AvgIpc) is 2.02. The number of hydrogen-bond donors (Lipinski definition) is 2. The van der Waals surface area contributed by atoms with E-state index in [2.05, 4.69) is 0 Å². The van der Waals surface area contributed by atoms with Gasteiger partial charge in [-0.2, -0.15) is 0 Å². The van der Waals surface area contributed by atoms with Crippen molar-refractivity contribution in [3.8, 4) is 0 Å². The number of aliphatic hydroxyl groups excluding tert-OH is 1. The molecule has 0 unspecified atom stereocenters. The maximum atomic E-state index is 10.5. The Hall–Kier alpha value is -1.00. The Kier molecular flexibility index (Phi) is 4.39. The summed E-state index contributed by atoms with van der Waals surface area (Å²) in [5, 5.41) is 15.6. The Labute approximate surface area is 77.7 Å². The van der Waals surface area contributed by atoms with Crippen LogP contribution in [0.1, 0.15) is 0 Å². The molecule has 0 spiro atoms. The van der Waals surface area contributed by atoms with E-state index in [0.717, 1.165) is 6.08 Å². The molecule has 0 aromatic rings. The second-order valence-electron chi connectivity index (χ2n) is 1.64. The molecule has 66 valence electrons. The van der Waals surface area contributed by atoms with Crippen molar-refractivity contribution in [1.29, 1.82) is 0 Å². The number of carboxylic acids is 1. The highest BCUT2D eigenvalue weighted by Crippen LogP contribution is 2.10. The van der Waals surface area contributed by atoms with Gasteiger partial charge in [-0.15, -0.1) is 0 Å². The van der Waals surface area contributed by atoms with E-state index in [1.807, 2.05) is 0 Å². The van der Waals surface area contributed by atoms with Gasteiger partial charge in [-0.3, -0.25) is 4.79 Å². The molecule has 0 rings (SSSR count). The van der Waals surface area contributed by atoms with Gasteiger partial charge >= 0.3 is 5.97 Å². The summed E-state index contributed by atoms with van der Waals surface area (Å²) in [6.07, 6.45) is 1.32. The summed E-state index contributed by atoms with van der Waals surface area (Å²) in [5.41, 5.74) is 0. The van der Waals surface area contributed by atoms with E-state index >= 15 is 0 Å². The normalized spacial score (nSPS) is 12.8.